The minimum atomic E-state index is -0.369. The Kier molecular flexibility index (Phi) is 7.37. The zero-order chi connectivity index (χ0) is 18.0. The average Bonchev–Trinajstić information content (AvgIpc) is 2.61. The van der Waals surface area contributed by atoms with Crippen molar-refractivity contribution in [3.8, 4) is 0 Å². The second-order valence-electron chi connectivity index (χ2n) is 8.91. The van der Waals surface area contributed by atoms with Crippen molar-refractivity contribution in [2.24, 2.45) is 23.5 Å². The third-order valence-corrected chi connectivity index (χ3v) is 6.80. The highest BCUT2D eigenvalue weighted by Gasteiger charge is 2.41. The molecule has 2 atom stereocenters. The summed E-state index contributed by atoms with van der Waals surface area (Å²) in [5.41, 5.74) is 6.04. The fourth-order valence-corrected chi connectivity index (χ4v) is 4.82. The first-order valence-electron chi connectivity index (χ1n) is 10.2. The van der Waals surface area contributed by atoms with E-state index in [2.05, 4.69) is 11.8 Å². The van der Waals surface area contributed by atoms with Crippen LogP contribution in [0, 0.1) is 17.8 Å². The maximum atomic E-state index is 12.9. The number of hydrogen-bond acceptors (Lipinski definition) is 3. The van der Waals surface area contributed by atoms with E-state index < -0.39 is 0 Å². The summed E-state index contributed by atoms with van der Waals surface area (Å²) in [4.78, 5) is 29.7. The largest absolute Gasteiger partial charge is 0.342 e. The van der Waals surface area contributed by atoms with Crippen molar-refractivity contribution in [3.63, 3.8) is 0 Å². The molecular weight excluding hydrogens is 350 g/mol. The first kappa shape index (κ1) is 21.5. The first-order valence-corrected chi connectivity index (χ1v) is 10.2. The van der Waals surface area contributed by atoms with Gasteiger partial charge in [-0.15, -0.1) is 12.4 Å². The maximum Gasteiger partial charge on any atom is 0.227 e. The van der Waals surface area contributed by atoms with Crippen LogP contribution < -0.4 is 5.73 Å². The van der Waals surface area contributed by atoms with Gasteiger partial charge in [0.1, 0.15) is 0 Å². The van der Waals surface area contributed by atoms with E-state index in [9.17, 15) is 9.59 Å². The molecule has 26 heavy (non-hydrogen) atoms. The van der Waals surface area contributed by atoms with Crippen molar-refractivity contribution < 1.29 is 9.59 Å². The summed E-state index contributed by atoms with van der Waals surface area (Å²) in [5, 5.41) is 0. The Morgan fingerprint density at radius 1 is 0.885 bits per heavy atom. The zero-order valence-corrected chi connectivity index (χ0v) is 17.2. The summed E-state index contributed by atoms with van der Waals surface area (Å²) < 4.78 is 0. The molecule has 2 unspecified atom stereocenters. The number of halogens is 1. The molecule has 1 aliphatic carbocycles. The molecule has 0 radical (unpaired) electrons. The highest BCUT2D eigenvalue weighted by molar-refractivity contribution is 5.85. The highest BCUT2D eigenvalue weighted by atomic mass is 35.5. The molecular formula is C20H36ClN3O2. The molecule has 1 saturated carbocycles. The van der Waals surface area contributed by atoms with E-state index in [1.54, 1.807) is 0 Å². The normalized spacial score (nSPS) is 31.4. The lowest BCUT2D eigenvalue weighted by atomic mass is 9.73. The highest BCUT2D eigenvalue weighted by Crippen LogP contribution is 2.34. The molecule has 0 bridgehead atoms. The lowest BCUT2D eigenvalue weighted by Gasteiger charge is -2.42. The van der Waals surface area contributed by atoms with Gasteiger partial charge in [-0.3, -0.25) is 9.59 Å². The molecule has 0 aromatic heterocycles. The summed E-state index contributed by atoms with van der Waals surface area (Å²) >= 11 is 0. The zero-order valence-electron chi connectivity index (χ0n) is 16.4. The molecule has 0 aromatic rings. The van der Waals surface area contributed by atoms with Gasteiger partial charge in [0.2, 0.25) is 11.8 Å². The topological polar surface area (TPSA) is 66.6 Å². The third kappa shape index (κ3) is 4.72. The number of hydrogen-bond donors (Lipinski definition) is 1. The second kappa shape index (κ2) is 8.92. The van der Waals surface area contributed by atoms with Gasteiger partial charge in [-0.1, -0.05) is 19.8 Å². The minimum absolute atomic E-state index is 0. The fraction of sp³-hybridized carbons (Fsp3) is 0.900. The molecule has 2 heterocycles. The molecule has 5 nitrogen and oxygen atoms in total. The van der Waals surface area contributed by atoms with Crippen molar-refractivity contribution in [2.45, 2.75) is 70.8 Å². The quantitative estimate of drug-likeness (QED) is 0.794. The van der Waals surface area contributed by atoms with Gasteiger partial charge in [0, 0.05) is 37.6 Å². The van der Waals surface area contributed by atoms with Crippen LogP contribution in [-0.2, 0) is 9.59 Å². The van der Waals surface area contributed by atoms with Gasteiger partial charge in [0.05, 0.1) is 5.92 Å². The van der Waals surface area contributed by atoms with Crippen LogP contribution in [0.1, 0.15) is 65.2 Å². The van der Waals surface area contributed by atoms with Gasteiger partial charge < -0.3 is 15.5 Å². The molecule has 6 heteroatoms. The van der Waals surface area contributed by atoms with E-state index in [1.807, 2.05) is 11.8 Å². The van der Waals surface area contributed by atoms with Crippen molar-refractivity contribution in [1.29, 1.82) is 0 Å². The maximum absolute atomic E-state index is 12.9. The summed E-state index contributed by atoms with van der Waals surface area (Å²) in [6.07, 6.45) is 7.95. The van der Waals surface area contributed by atoms with E-state index in [4.69, 9.17) is 5.73 Å². The first-order chi connectivity index (χ1) is 11.9. The van der Waals surface area contributed by atoms with Gasteiger partial charge in [-0.25, -0.2) is 0 Å². The van der Waals surface area contributed by atoms with E-state index in [-0.39, 0.29) is 35.7 Å². The standard InChI is InChI=1S/C20H35N3O2.ClH/c1-15-6-11-22(12-7-15)18(24)16-8-13-23(14-9-16)19(25)17-5-3-4-10-20(17,2)21;/h15-17H,3-14,21H2,1-2H3;1H. The van der Waals surface area contributed by atoms with Gasteiger partial charge in [0.15, 0.2) is 0 Å². The summed E-state index contributed by atoms with van der Waals surface area (Å²) in [5.74, 6) is 1.34. The number of piperidine rings is 2. The summed E-state index contributed by atoms with van der Waals surface area (Å²) in [6, 6.07) is 0. The minimum Gasteiger partial charge on any atom is -0.342 e. The van der Waals surface area contributed by atoms with Crippen LogP contribution in [0.5, 0.6) is 0 Å². The van der Waals surface area contributed by atoms with Crippen LogP contribution in [-0.4, -0.2) is 53.3 Å². The third-order valence-electron chi connectivity index (χ3n) is 6.80. The smallest absolute Gasteiger partial charge is 0.227 e. The van der Waals surface area contributed by atoms with Crippen LogP contribution in [0.2, 0.25) is 0 Å². The van der Waals surface area contributed by atoms with Crippen LogP contribution in [0.15, 0.2) is 0 Å². The molecule has 0 aromatic carbocycles. The van der Waals surface area contributed by atoms with Crippen LogP contribution in [0.3, 0.4) is 0 Å². The van der Waals surface area contributed by atoms with Crippen LogP contribution in [0.25, 0.3) is 0 Å². The number of rotatable bonds is 2. The van der Waals surface area contributed by atoms with E-state index in [0.29, 0.717) is 19.0 Å². The Labute approximate surface area is 164 Å². The fourth-order valence-electron chi connectivity index (χ4n) is 4.82. The summed E-state index contributed by atoms with van der Waals surface area (Å²) in [6.45, 7) is 7.54. The van der Waals surface area contributed by atoms with Gasteiger partial charge >= 0.3 is 0 Å². The molecule has 3 aliphatic rings. The molecule has 2 N–H and O–H groups in total. The Balaban J connectivity index is 0.00000243. The number of nitrogens with two attached hydrogens (primary N) is 1. The Morgan fingerprint density at radius 3 is 2.00 bits per heavy atom. The Bertz CT molecular complexity index is 495. The number of carbonyl (C=O) groups is 2. The van der Waals surface area contributed by atoms with E-state index in [0.717, 1.165) is 70.4 Å². The number of amides is 2. The number of nitrogens with zero attached hydrogens (tertiary/aromatic N) is 2. The Hall–Kier alpha value is -0.810. The van der Waals surface area contributed by atoms with Gasteiger partial charge in [-0.05, 0) is 51.4 Å². The molecule has 2 amide bonds. The monoisotopic (exact) mass is 385 g/mol. The van der Waals surface area contributed by atoms with Gasteiger partial charge in [-0.2, -0.15) is 0 Å². The molecule has 0 spiro atoms. The predicted molar refractivity (Wildman–Crippen MR) is 106 cm³/mol. The lowest BCUT2D eigenvalue weighted by molar-refractivity contribution is -0.145. The molecule has 2 aliphatic heterocycles. The van der Waals surface area contributed by atoms with Crippen molar-refractivity contribution in [2.75, 3.05) is 26.2 Å². The van der Waals surface area contributed by atoms with Crippen molar-refractivity contribution in [1.82, 2.24) is 9.80 Å². The molecule has 2 saturated heterocycles. The molecule has 3 fully saturated rings. The average molecular weight is 386 g/mol. The second-order valence-corrected chi connectivity index (χ2v) is 8.91. The van der Waals surface area contributed by atoms with Crippen LogP contribution >= 0.6 is 12.4 Å². The predicted octanol–water partition coefficient (Wildman–Crippen LogP) is 2.81. The Morgan fingerprint density at radius 2 is 1.42 bits per heavy atom. The van der Waals surface area contributed by atoms with Gasteiger partial charge in [0.25, 0.3) is 0 Å². The van der Waals surface area contributed by atoms with Crippen LogP contribution in [0.4, 0.5) is 0 Å². The van der Waals surface area contributed by atoms with E-state index >= 15 is 0 Å². The number of likely N-dealkylation sites (tertiary alicyclic amines) is 2. The summed E-state index contributed by atoms with van der Waals surface area (Å²) in [7, 11) is 0. The SMILES string of the molecule is CC1CCN(C(=O)C2CCN(C(=O)C3CCCCC3(C)N)CC2)CC1.Cl. The lowest BCUT2D eigenvalue weighted by Crippen LogP contribution is -2.55. The van der Waals surface area contributed by atoms with Crippen molar-refractivity contribution in [3.05, 3.63) is 0 Å². The number of carbonyl (C=O) groups excluding carboxylic acids is 2. The van der Waals surface area contributed by atoms with E-state index in [1.165, 1.54) is 0 Å². The molecule has 3 rings (SSSR count). The molecule has 150 valence electrons. The van der Waals surface area contributed by atoms with Crippen molar-refractivity contribution >= 4 is 24.2 Å².